The number of aromatic nitrogens is 1. The third kappa shape index (κ3) is 2.65. The van der Waals surface area contributed by atoms with E-state index in [-0.39, 0.29) is 5.54 Å². The molecule has 0 saturated heterocycles. The number of benzene rings is 1. The van der Waals surface area contributed by atoms with Crippen molar-refractivity contribution in [3.63, 3.8) is 0 Å². The van der Waals surface area contributed by atoms with E-state index in [1.54, 1.807) is 11.3 Å². The van der Waals surface area contributed by atoms with Gasteiger partial charge >= 0.3 is 0 Å². The molecule has 1 aromatic heterocycles. The molecule has 4 heteroatoms. The van der Waals surface area contributed by atoms with Crippen molar-refractivity contribution in [3.8, 4) is 5.75 Å². The van der Waals surface area contributed by atoms with Crippen molar-refractivity contribution in [2.45, 2.75) is 39.2 Å². The number of fused-ring (bicyclic) bond motifs is 1. The molecule has 2 N–H and O–H groups in total. The van der Waals surface area contributed by atoms with Crippen LogP contribution in [0, 0.1) is 0 Å². The minimum absolute atomic E-state index is 0.329. The summed E-state index contributed by atoms with van der Waals surface area (Å²) in [6, 6.07) is 6.01. The van der Waals surface area contributed by atoms with Gasteiger partial charge < -0.3 is 10.5 Å². The lowest BCUT2D eigenvalue weighted by molar-refractivity contribution is 0.341. The summed E-state index contributed by atoms with van der Waals surface area (Å²) < 4.78 is 6.65. The molecular formula is C14H20N2OS. The molecule has 3 nitrogen and oxygen atoms in total. The van der Waals surface area contributed by atoms with Crippen LogP contribution in [0.4, 0.5) is 0 Å². The van der Waals surface area contributed by atoms with E-state index in [1.807, 2.05) is 25.1 Å². The summed E-state index contributed by atoms with van der Waals surface area (Å²) in [6.07, 6.45) is 2.01. The molecular weight excluding hydrogens is 244 g/mol. The van der Waals surface area contributed by atoms with Gasteiger partial charge in [-0.3, -0.25) is 0 Å². The van der Waals surface area contributed by atoms with Gasteiger partial charge in [0.05, 0.1) is 22.4 Å². The lowest BCUT2D eigenvalue weighted by Crippen LogP contribution is -2.32. The van der Waals surface area contributed by atoms with Crippen molar-refractivity contribution in [1.29, 1.82) is 0 Å². The molecule has 2 aromatic rings. The third-order valence-corrected chi connectivity index (χ3v) is 4.23. The zero-order valence-corrected chi connectivity index (χ0v) is 12.0. The van der Waals surface area contributed by atoms with Crippen LogP contribution in [0.1, 0.15) is 38.6 Å². The van der Waals surface area contributed by atoms with Crippen molar-refractivity contribution in [3.05, 3.63) is 23.2 Å². The van der Waals surface area contributed by atoms with Crippen LogP contribution in [0.5, 0.6) is 5.75 Å². The van der Waals surface area contributed by atoms with Gasteiger partial charge in [0.1, 0.15) is 10.8 Å². The van der Waals surface area contributed by atoms with E-state index in [0.717, 1.165) is 33.8 Å². The number of hydrogen-bond donors (Lipinski definition) is 1. The van der Waals surface area contributed by atoms with Crippen LogP contribution in [0.15, 0.2) is 18.2 Å². The number of ether oxygens (including phenoxy) is 1. The molecule has 1 heterocycles. The lowest BCUT2D eigenvalue weighted by Gasteiger charge is -2.20. The molecule has 0 aliphatic carbocycles. The summed E-state index contributed by atoms with van der Waals surface area (Å²) in [4.78, 5) is 4.64. The lowest BCUT2D eigenvalue weighted by atomic mass is 9.99. The summed E-state index contributed by atoms with van der Waals surface area (Å²) in [5.41, 5.74) is 7.00. The second-order valence-corrected chi connectivity index (χ2v) is 5.78. The Balaban J connectivity index is 2.37. The van der Waals surface area contributed by atoms with Gasteiger partial charge in [-0.2, -0.15) is 0 Å². The maximum absolute atomic E-state index is 6.33. The number of nitrogens with zero attached hydrogens (tertiary/aromatic N) is 1. The monoisotopic (exact) mass is 264 g/mol. The van der Waals surface area contributed by atoms with E-state index in [2.05, 4.69) is 18.8 Å². The molecule has 0 radical (unpaired) electrons. The van der Waals surface area contributed by atoms with Crippen molar-refractivity contribution in [2.75, 3.05) is 6.61 Å². The Morgan fingerprint density at radius 2 is 2.17 bits per heavy atom. The van der Waals surface area contributed by atoms with Crippen LogP contribution in [-0.4, -0.2) is 11.6 Å². The molecule has 0 spiro atoms. The molecule has 18 heavy (non-hydrogen) atoms. The van der Waals surface area contributed by atoms with Crippen LogP contribution in [0.25, 0.3) is 10.2 Å². The Morgan fingerprint density at radius 1 is 1.39 bits per heavy atom. The summed E-state index contributed by atoms with van der Waals surface area (Å²) >= 11 is 1.67. The molecule has 1 unspecified atom stereocenters. The van der Waals surface area contributed by atoms with Crippen molar-refractivity contribution >= 4 is 21.6 Å². The first kappa shape index (κ1) is 13.3. The fourth-order valence-corrected chi connectivity index (χ4v) is 3.11. The average Bonchev–Trinajstić information content (AvgIpc) is 2.73. The predicted molar refractivity (Wildman–Crippen MR) is 77.2 cm³/mol. The molecule has 2 rings (SSSR count). The quantitative estimate of drug-likeness (QED) is 0.896. The van der Waals surface area contributed by atoms with Crippen molar-refractivity contribution in [1.82, 2.24) is 4.98 Å². The molecule has 0 fully saturated rings. The second kappa shape index (κ2) is 5.24. The number of hydrogen-bond acceptors (Lipinski definition) is 4. The molecule has 0 aliphatic heterocycles. The Kier molecular flexibility index (Phi) is 3.88. The first-order valence-electron chi connectivity index (χ1n) is 6.39. The van der Waals surface area contributed by atoms with E-state index < -0.39 is 0 Å². The van der Waals surface area contributed by atoms with Gasteiger partial charge in [0.2, 0.25) is 0 Å². The first-order valence-corrected chi connectivity index (χ1v) is 7.21. The highest BCUT2D eigenvalue weighted by Gasteiger charge is 2.24. The van der Waals surface area contributed by atoms with Crippen LogP contribution in [-0.2, 0) is 5.54 Å². The minimum atomic E-state index is -0.329. The van der Waals surface area contributed by atoms with Crippen LogP contribution >= 0.6 is 11.3 Å². The fraction of sp³-hybridized carbons (Fsp3) is 0.500. The molecule has 0 amide bonds. The van der Waals surface area contributed by atoms with E-state index in [0.29, 0.717) is 6.61 Å². The van der Waals surface area contributed by atoms with Crippen molar-refractivity contribution in [2.24, 2.45) is 5.73 Å². The smallest absolute Gasteiger partial charge is 0.120 e. The van der Waals surface area contributed by atoms with E-state index in [4.69, 9.17) is 10.5 Å². The summed E-state index contributed by atoms with van der Waals surface area (Å²) in [5.74, 6) is 0.898. The van der Waals surface area contributed by atoms with Gasteiger partial charge in [0, 0.05) is 0 Å². The number of nitrogens with two attached hydrogens (primary N) is 1. The van der Waals surface area contributed by atoms with Crippen LogP contribution < -0.4 is 10.5 Å². The van der Waals surface area contributed by atoms with Crippen LogP contribution in [0.3, 0.4) is 0 Å². The van der Waals surface area contributed by atoms with Gasteiger partial charge in [-0.05, 0) is 38.5 Å². The predicted octanol–water partition coefficient (Wildman–Crippen LogP) is 3.67. The standard InChI is InChI=1S/C14H20N2OS/c1-4-8-14(3,15)13-16-11-7-6-10(17-5-2)9-12(11)18-13/h6-7,9H,4-5,8,15H2,1-3H3. The maximum Gasteiger partial charge on any atom is 0.120 e. The van der Waals surface area contributed by atoms with Crippen molar-refractivity contribution < 1.29 is 4.74 Å². The van der Waals surface area contributed by atoms with Gasteiger partial charge in [0.15, 0.2) is 0 Å². The Hall–Kier alpha value is -1.13. The second-order valence-electron chi connectivity index (χ2n) is 4.75. The molecule has 1 aromatic carbocycles. The Bertz CT molecular complexity index is 534. The Morgan fingerprint density at radius 3 is 2.83 bits per heavy atom. The number of thiazole rings is 1. The average molecular weight is 264 g/mol. The molecule has 0 aliphatic rings. The minimum Gasteiger partial charge on any atom is -0.494 e. The van der Waals surface area contributed by atoms with E-state index in [1.165, 1.54) is 0 Å². The highest BCUT2D eigenvalue weighted by atomic mass is 32.1. The molecule has 98 valence electrons. The van der Waals surface area contributed by atoms with Gasteiger partial charge in [0.25, 0.3) is 0 Å². The zero-order valence-electron chi connectivity index (χ0n) is 11.2. The summed E-state index contributed by atoms with van der Waals surface area (Å²) in [6.45, 7) is 6.87. The summed E-state index contributed by atoms with van der Waals surface area (Å²) in [5, 5.41) is 1.01. The topological polar surface area (TPSA) is 48.1 Å². The maximum atomic E-state index is 6.33. The SMILES string of the molecule is CCCC(C)(N)c1nc2ccc(OCC)cc2s1. The first-order chi connectivity index (χ1) is 8.56. The van der Waals surface area contributed by atoms with E-state index >= 15 is 0 Å². The van der Waals surface area contributed by atoms with Gasteiger partial charge in [-0.25, -0.2) is 4.98 Å². The molecule has 0 bridgehead atoms. The third-order valence-electron chi connectivity index (χ3n) is 2.93. The normalized spacial score (nSPS) is 14.7. The van der Waals surface area contributed by atoms with Crippen LogP contribution in [0.2, 0.25) is 0 Å². The Labute approximate surface area is 112 Å². The zero-order chi connectivity index (χ0) is 13.2. The van der Waals surface area contributed by atoms with Gasteiger partial charge in [-0.15, -0.1) is 11.3 Å². The van der Waals surface area contributed by atoms with E-state index in [9.17, 15) is 0 Å². The highest BCUT2D eigenvalue weighted by molar-refractivity contribution is 7.18. The highest BCUT2D eigenvalue weighted by Crippen LogP contribution is 2.33. The fourth-order valence-electron chi connectivity index (χ4n) is 2.03. The molecule has 1 atom stereocenters. The largest absolute Gasteiger partial charge is 0.494 e. The summed E-state index contributed by atoms with van der Waals surface area (Å²) in [7, 11) is 0. The molecule has 0 saturated carbocycles. The number of rotatable bonds is 5. The van der Waals surface area contributed by atoms with Gasteiger partial charge in [-0.1, -0.05) is 13.3 Å².